The molecule has 126 valence electrons. The molecule has 0 unspecified atom stereocenters. The third kappa shape index (κ3) is 4.18. The highest BCUT2D eigenvalue weighted by Gasteiger charge is 2.16. The molecule has 1 aromatic heterocycles. The number of carbonyl (C=O) groups is 1. The number of ether oxygens (including phenoxy) is 1. The summed E-state index contributed by atoms with van der Waals surface area (Å²) in [5.74, 6) is 0.329. The zero-order chi connectivity index (χ0) is 16.9. The number of nitrogens with zero attached hydrogens (tertiary/aromatic N) is 3. The molecule has 1 aromatic carbocycles. The van der Waals surface area contributed by atoms with Gasteiger partial charge in [-0.1, -0.05) is 0 Å². The van der Waals surface area contributed by atoms with E-state index < -0.39 is 0 Å². The first-order valence-electron chi connectivity index (χ1n) is 7.89. The highest BCUT2D eigenvalue weighted by Crippen LogP contribution is 2.19. The van der Waals surface area contributed by atoms with Crippen LogP contribution in [0.3, 0.4) is 0 Å². The summed E-state index contributed by atoms with van der Waals surface area (Å²) in [6, 6.07) is 7.25. The summed E-state index contributed by atoms with van der Waals surface area (Å²) >= 11 is 0. The Bertz CT molecular complexity index is 715. The maximum absolute atomic E-state index is 12.8. The summed E-state index contributed by atoms with van der Waals surface area (Å²) in [5, 5.41) is 2.64. The second-order valence-corrected chi connectivity index (χ2v) is 5.69. The summed E-state index contributed by atoms with van der Waals surface area (Å²) < 4.78 is 18.3. The maximum atomic E-state index is 12.8. The van der Waals surface area contributed by atoms with Crippen LogP contribution < -0.4 is 15.0 Å². The number of anilines is 2. The lowest BCUT2D eigenvalue weighted by Crippen LogP contribution is -2.23. The van der Waals surface area contributed by atoms with Crippen molar-refractivity contribution in [2.24, 2.45) is 0 Å². The van der Waals surface area contributed by atoms with Crippen LogP contribution in [0.15, 0.2) is 30.3 Å². The van der Waals surface area contributed by atoms with Gasteiger partial charge in [-0.3, -0.25) is 4.79 Å². The first-order chi connectivity index (χ1) is 11.6. The van der Waals surface area contributed by atoms with Gasteiger partial charge in [-0.15, -0.1) is 0 Å². The van der Waals surface area contributed by atoms with Gasteiger partial charge in [-0.05, 0) is 44.0 Å². The average molecular weight is 330 g/mol. The summed E-state index contributed by atoms with van der Waals surface area (Å²) in [5.41, 5.74) is 1.31. The first-order valence-corrected chi connectivity index (χ1v) is 7.89. The monoisotopic (exact) mass is 330 g/mol. The minimum atomic E-state index is -0.352. The van der Waals surface area contributed by atoms with Gasteiger partial charge in [-0.2, -0.15) is 4.98 Å². The molecule has 1 amide bonds. The Hall–Kier alpha value is -2.70. The lowest BCUT2D eigenvalue weighted by Gasteiger charge is -2.16. The van der Waals surface area contributed by atoms with Gasteiger partial charge in [0.05, 0.1) is 0 Å². The number of rotatable bonds is 5. The molecule has 6 nitrogen and oxygen atoms in total. The van der Waals surface area contributed by atoms with Crippen LogP contribution in [0.5, 0.6) is 5.88 Å². The number of benzene rings is 1. The minimum Gasteiger partial charge on any atom is -0.467 e. The smallest absolute Gasteiger partial charge is 0.262 e. The van der Waals surface area contributed by atoms with E-state index in [0.29, 0.717) is 17.5 Å². The van der Waals surface area contributed by atoms with Crippen molar-refractivity contribution in [3.63, 3.8) is 0 Å². The van der Waals surface area contributed by atoms with Crippen molar-refractivity contribution in [3.05, 3.63) is 41.8 Å². The Morgan fingerprint density at radius 1 is 1.25 bits per heavy atom. The molecular weight excluding hydrogens is 311 g/mol. The highest BCUT2D eigenvalue weighted by atomic mass is 19.1. The van der Waals surface area contributed by atoms with Gasteiger partial charge in [0.2, 0.25) is 11.8 Å². The number of nitrogens with one attached hydrogen (secondary N) is 1. The van der Waals surface area contributed by atoms with E-state index >= 15 is 0 Å². The third-order valence-corrected chi connectivity index (χ3v) is 3.69. The Morgan fingerprint density at radius 2 is 1.96 bits per heavy atom. The van der Waals surface area contributed by atoms with E-state index in [0.717, 1.165) is 31.6 Å². The molecule has 1 saturated heterocycles. The lowest BCUT2D eigenvalue weighted by molar-refractivity contribution is -0.118. The fraction of sp³-hybridized carbons (Fsp3) is 0.353. The summed E-state index contributed by atoms with van der Waals surface area (Å²) in [6.45, 7) is 3.57. The van der Waals surface area contributed by atoms with E-state index in [9.17, 15) is 9.18 Å². The standard InChI is InChI=1S/C17H19FN4O2/c1-12-10-16(21-17(19-12)22-8-2-3-9-22)24-11-15(23)20-14-6-4-13(18)5-7-14/h4-7,10H,2-3,8-9,11H2,1H3,(H,20,23). The normalized spacial score (nSPS) is 13.8. The van der Waals surface area contributed by atoms with E-state index in [-0.39, 0.29) is 18.3 Å². The molecule has 24 heavy (non-hydrogen) atoms. The number of aryl methyl sites for hydroxylation is 1. The average Bonchev–Trinajstić information content (AvgIpc) is 3.09. The van der Waals surface area contributed by atoms with E-state index in [2.05, 4.69) is 20.2 Å². The lowest BCUT2D eigenvalue weighted by atomic mass is 10.3. The van der Waals surface area contributed by atoms with Crippen LogP contribution in [0.1, 0.15) is 18.5 Å². The number of aromatic nitrogens is 2. The molecule has 2 aromatic rings. The zero-order valence-electron chi connectivity index (χ0n) is 13.5. The highest BCUT2D eigenvalue weighted by molar-refractivity contribution is 5.91. The topological polar surface area (TPSA) is 67.3 Å². The fourth-order valence-electron chi connectivity index (χ4n) is 2.53. The number of hydrogen-bond donors (Lipinski definition) is 1. The van der Waals surface area contributed by atoms with E-state index in [1.54, 1.807) is 6.07 Å². The van der Waals surface area contributed by atoms with Crippen molar-refractivity contribution in [1.29, 1.82) is 0 Å². The predicted octanol–water partition coefficient (Wildman–Crippen LogP) is 2.54. The molecule has 1 aliphatic rings. The van der Waals surface area contributed by atoms with Crippen LogP contribution in [0, 0.1) is 12.7 Å². The van der Waals surface area contributed by atoms with Crippen LogP contribution in [-0.2, 0) is 4.79 Å². The Morgan fingerprint density at radius 3 is 2.67 bits per heavy atom. The Kier molecular flexibility index (Phi) is 4.88. The second kappa shape index (κ2) is 7.25. The van der Waals surface area contributed by atoms with Crippen molar-refractivity contribution in [3.8, 4) is 5.88 Å². The van der Waals surface area contributed by atoms with Crippen molar-refractivity contribution >= 4 is 17.5 Å². The molecular formula is C17H19FN4O2. The van der Waals surface area contributed by atoms with Crippen LogP contribution in [0.25, 0.3) is 0 Å². The first kappa shape index (κ1) is 16.2. The zero-order valence-corrected chi connectivity index (χ0v) is 13.5. The summed E-state index contributed by atoms with van der Waals surface area (Å²) in [4.78, 5) is 22.8. The number of carbonyl (C=O) groups excluding carboxylic acids is 1. The van der Waals surface area contributed by atoms with Crippen LogP contribution in [-0.4, -0.2) is 35.6 Å². The fourth-order valence-corrected chi connectivity index (χ4v) is 2.53. The van der Waals surface area contributed by atoms with Gasteiger partial charge < -0.3 is 15.0 Å². The predicted molar refractivity (Wildman–Crippen MR) is 88.7 cm³/mol. The van der Waals surface area contributed by atoms with E-state index in [1.165, 1.54) is 24.3 Å². The molecule has 1 aliphatic heterocycles. The summed E-state index contributed by atoms with van der Waals surface area (Å²) in [7, 11) is 0. The molecule has 3 rings (SSSR count). The molecule has 7 heteroatoms. The Labute approximate surface area is 139 Å². The molecule has 0 saturated carbocycles. The molecule has 0 aliphatic carbocycles. The van der Waals surface area contributed by atoms with Crippen LogP contribution in [0.2, 0.25) is 0 Å². The molecule has 1 N–H and O–H groups in total. The van der Waals surface area contributed by atoms with Gasteiger partial charge in [0.15, 0.2) is 6.61 Å². The van der Waals surface area contributed by atoms with Crippen molar-refractivity contribution in [2.75, 3.05) is 29.9 Å². The van der Waals surface area contributed by atoms with E-state index in [1.807, 2.05) is 6.92 Å². The maximum Gasteiger partial charge on any atom is 0.262 e. The number of amides is 1. The molecule has 1 fully saturated rings. The molecule has 2 heterocycles. The minimum absolute atomic E-state index is 0.173. The molecule has 0 spiro atoms. The molecule has 0 bridgehead atoms. The van der Waals surface area contributed by atoms with Crippen molar-refractivity contribution in [1.82, 2.24) is 9.97 Å². The van der Waals surface area contributed by atoms with Gasteiger partial charge in [0, 0.05) is 30.5 Å². The second-order valence-electron chi connectivity index (χ2n) is 5.69. The van der Waals surface area contributed by atoms with Gasteiger partial charge in [0.25, 0.3) is 5.91 Å². The van der Waals surface area contributed by atoms with Crippen LogP contribution in [0.4, 0.5) is 16.0 Å². The SMILES string of the molecule is Cc1cc(OCC(=O)Nc2ccc(F)cc2)nc(N2CCCC2)n1. The van der Waals surface area contributed by atoms with Crippen molar-refractivity contribution < 1.29 is 13.9 Å². The van der Waals surface area contributed by atoms with E-state index in [4.69, 9.17) is 4.74 Å². The van der Waals surface area contributed by atoms with Gasteiger partial charge in [0.1, 0.15) is 5.82 Å². The Balaban J connectivity index is 1.59. The number of halogens is 1. The summed E-state index contributed by atoms with van der Waals surface area (Å²) in [6.07, 6.45) is 2.27. The largest absolute Gasteiger partial charge is 0.467 e. The quantitative estimate of drug-likeness (QED) is 0.912. The molecule has 0 radical (unpaired) electrons. The van der Waals surface area contributed by atoms with Gasteiger partial charge >= 0.3 is 0 Å². The number of hydrogen-bond acceptors (Lipinski definition) is 5. The van der Waals surface area contributed by atoms with Gasteiger partial charge in [-0.25, -0.2) is 9.37 Å². The molecule has 0 atom stereocenters. The van der Waals surface area contributed by atoms with Crippen molar-refractivity contribution in [2.45, 2.75) is 19.8 Å². The van der Waals surface area contributed by atoms with Crippen LogP contribution >= 0.6 is 0 Å². The third-order valence-electron chi connectivity index (χ3n) is 3.69.